The molecule has 1 heterocycles. The number of nitrogens with one attached hydrogen (secondary N) is 1. The standard InChI is InChI=1S/C14H21NO4S/c1-3-20(16,17)10-11(2)15-12-5-6-13-14(9-12)19-8-4-7-18-13/h5-6,9,11,15H,3-4,7-8,10H2,1-2H3. The lowest BCUT2D eigenvalue weighted by atomic mass is 10.2. The molecule has 1 N–H and O–H groups in total. The van der Waals surface area contributed by atoms with Crippen molar-refractivity contribution in [1.29, 1.82) is 0 Å². The summed E-state index contributed by atoms with van der Waals surface area (Å²) in [6.07, 6.45) is 0.864. The zero-order valence-corrected chi connectivity index (χ0v) is 12.7. The Hall–Kier alpha value is -1.43. The molecular weight excluding hydrogens is 278 g/mol. The van der Waals surface area contributed by atoms with Crippen LogP contribution in [-0.2, 0) is 9.84 Å². The number of ether oxygens (including phenoxy) is 2. The van der Waals surface area contributed by atoms with E-state index in [4.69, 9.17) is 9.47 Å². The molecular formula is C14H21NO4S. The Morgan fingerprint density at radius 3 is 2.65 bits per heavy atom. The number of rotatable bonds is 5. The molecule has 112 valence electrons. The molecule has 0 saturated heterocycles. The highest BCUT2D eigenvalue weighted by atomic mass is 32.2. The lowest BCUT2D eigenvalue weighted by Gasteiger charge is -2.16. The van der Waals surface area contributed by atoms with Crippen molar-refractivity contribution in [3.8, 4) is 11.5 Å². The van der Waals surface area contributed by atoms with E-state index < -0.39 is 9.84 Å². The van der Waals surface area contributed by atoms with Crippen LogP contribution >= 0.6 is 0 Å². The third-order valence-corrected chi connectivity index (χ3v) is 4.99. The van der Waals surface area contributed by atoms with Gasteiger partial charge in [0.1, 0.15) is 0 Å². The van der Waals surface area contributed by atoms with Crippen LogP contribution in [0.25, 0.3) is 0 Å². The molecule has 2 rings (SSSR count). The van der Waals surface area contributed by atoms with Crippen LogP contribution in [0.2, 0.25) is 0 Å². The maximum absolute atomic E-state index is 11.6. The second-order valence-corrected chi connectivity index (χ2v) is 7.35. The van der Waals surface area contributed by atoms with Gasteiger partial charge >= 0.3 is 0 Å². The smallest absolute Gasteiger partial charge is 0.163 e. The van der Waals surface area contributed by atoms with Crippen molar-refractivity contribution >= 4 is 15.5 Å². The predicted octanol–water partition coefficient (Wildman–Crippen LogP) is 2.08. The average molecular weight is 299 g/mol. The highest BCUT2D eigenvalue weighted by Crippen LogP contribution is 2.32. The minimum absolute atomic E-state index is 0.123. The van der Waals surface area contributed by atoms with Gasteiger partial charge in [-0.3, -0.25) is 0 Å². The molecule has 0 aromatic heterocycles. The summed E-state index contributed by atoms with van der Waals surface area (Å²) >= 11 is 0. The molecule has 0 aliphatic carbocycles. The number of sulfone groups is 1. The van der Waals surface area contributed by atoms with Crippen LogP contribution in [0.15, 0.2) is 18.2 Å². The third kappa shape index (κ3) is 4.03. The van der Waals surface area contributed by atoms with Gasteiger partial charge in [0.05, 0.1) is 19.0 Å². The highest BCUT2D eigenvalue weighted by Gasteiger charge is 2.15. The molecule has 6 heteroatoms. The fraction of sp³-hybridized carbons (Fsp3) is 0.571. The molecule has 0 saturated carbocycles. The number of hydrogen-bond donors (Lipinski definition) is 1. The van der Waals surface area contributed by atoms with Crippen molar-refractivity contribution in [2.45, 2.75) is 26.3 Å². The van der Waals surface area contributed by atoms with Crippen molar-refractivity contribution in [2.75, 3.05) is 30.0 Å². The van der Waals surface area contributed by atoms with Gasteiger partial charge in [-0.15, -0.1) is 0 Å². The molecule has 1 aromatic rings. The number of benzene rings is 1. The Morgan fingerprint density at radius 1 is 1.25 bits per heavy atom. The zero-order valence-electron chi connectivity index (χ0n) is 11.9. The van der Waals surface area contributed by atoms with Crippen molar-refractivity contribution < 1.29 is 17.9 Å². The van der Waals surface area contributed by atoms with E-state index in [-0.39, 0.29) is 17.5 Å². The van der Waals surface area contributed by atoms with E-state index in [1.165, 1.54) is 0 Å². The van der Waals surface area contributed by atoms with Crippen molar-refractivity contribution in [3.05, 3.63) is 18.2 Å². The minimum atomic E-state index is -2.98. The van der Waals surface area contributed by atoms with Gasteiger partial charge < -0.3 is 14.8 Å². The van der Waals surface area contributed by atoms with Crippen molar-refractivity contribution in [2.24, 2.45) is 0 Å². The summed E-state index contributed by atoms with van der Waals surface area (Å²) in [5, 5.41) is 3.19. The van der Waals surface area contributed by atoms with Gasteiger partial charge in [-0.2, -0.15) is 0 Å². The molecule has 1 unspecified atom stereocenters. The lowest BCUT2D eigenvalue weighted by Crippen LogP contribution is -2.26. The Labute approximate surface area is 120 Å². The summed E-state index contributed by atoms with van der Waals surface area (Å²) in [5.41, 5.74) is 0.841. The summed E-state index contributed by atoms with van der Waals surface area (Å²) in [7, 11) is -2.98. The normalized spacial score (nSPS) is 16.3. The van der Waals surface area contributed by atoms with E-state index in [0.29, 0.717) is 19.0 Å². The first kappa shape index (κ1) is 15.0. The number of fused-ring (bicyclic) bond motifs is 1. The topological polar surface area (TPSA) is 64.6 Å². The molecule has 0 spiro atoms. The molecule has 1 aliphatic heterocycles. The van der Waals surface area contributed by atoms with Crippen LogP contribution in [0.3, 0.4) is 0 Å². The monoisotopic (exact) mass is 299 g/mol. The van der Waals surface area contributed by atoms with Crippen LogP contribution in [0.4, 0.5) is 5.69 Å². The van der Waals surface area contributed by atoms with Gasteiger partial charge in [0.25, 0.3) is 0 Å². The molecule has 1 aliphatic rings. The van der Waals surface area contributed by atoms with Gasteiger partial charge in [0.15, 0.2) is 21.3 Å². The first-order chi connectivity index (χ1) is 9.50. The van der Waals surface area contributed by atoms with Crippen LogP contribution in [0.1, 0.15) is 20.3 Å². The fourth-order valence-corrected chi connectivity index (χ4v) is 3.16. The molecule has 0 radical (unpaired) electrons. The molecule has 0 amide bonds. The van der Waals surface area contributed by atoms with E-state index in [9.17, 15) is 8.42 Å². The Bertz CT molecular complexity index is 556. The maximum atomic E-state index is 11.6. The fourth-order valence-electron chi connectivity index (χ4n) is 2.08. The van der Waals surface area contributed by atoms with Gasteiger partial charge in [-0.25, -0.2) is 8.42 Å². The molecule has 1 aromatic carbocycles. The largest absolute Gasteiger partial charge is 0.490 e. The van der Waals surface area contributed by atoms with E-state index >= 15 is 0 Å². The number of hydrogen-bond acceptors (Lipinski definition) is 5. The summed E-state index contributed by atoms with van der Waals surface area (Å²) in [6, 6.07) is 5.44. The maximum Gasteiger partial charge on any atom is 0.163 e. The summed E-state index contributed by atoms with van der Waals surface area (Å²) in [4.78, 5) is 0. The Kier molecular flexibility index (Phi) is 4.75. The quantitative estimate of drug-likeness (QED) is 0.902. The van der Waals surface area contributed by atoms with Gasteiger partial charge in [-0.05, 0) is 19.1 Å². The average Bonchev–Trinajstić information content (AvgIpc) is 2.62. The van der Waals surface area contributed by atoms with Gasteiger partial charge in [0.2, 0.25) is 0 Å². The van der Waals surface area contributed by atoms with Crippen LogP contribution in [0.5, 0.6) is 11.5 Å². The SMILES string of the molecule is CCS(=O)(=O)CC(C)Nc1ccc2c(c1)OCCCO2. The lowest BCUT2D eigenvalue weighted by molar-refractivity contribution is 0.297. The summed E-state index contributed by atoms with van der Waals surface area (Å²) < 4.78 is 34.4. The molecule has 1 atom stereocenters. The number of anilines is 1. The van der Waals surface area contributed by atoms with E-state index in [0.717, 1.165) is 17.9 Å². The predicted molar refractivity (Wildman–Crippen MR) is 79.5 cm³/mol. The van der Waals surface area contributed by atoms with Crippen LogP contribution in [-0.4, -0.2) is 39.2 Å². The van der Waals surface area contributed by atoms with E-state index in [1.54, 1.807) is 6.92 Å². The van der Waals surface area contributed by atoms with E-state index in [2.05, 4.69) is 5.32 Å². The first-order valence-corrected chi connectivity index (χ1v) is 8.69. The van der Waals surface area contributed by atoms with Crippen LogP contribution < -0.4 is 14.8 Å². The molecule has 0 bridgehead atoms. The highest BCUT2D eigenvalue weighted by molar-refractivity contribution is 7.91. The molecule has 5 nitrogen and oxygen atoms in total. The second kappa shape index (κ2) is 6.35. The molecule has 0 fully saturated rings. The Balaban J connectivity index is 2.05. The molecule has 20 heavy (non-hydrogen) atoms. The van der Waals surface area contributed by atoms with Gasteiger partial charge in [-0.1, -0.05) is 6.92 Å². The van der Waals surface area contributed by atoms with Crippen molar-refractivity contribution in [1.82, 2.24) is 0 Å². The van der Waals surface area contributed by atoms with Gasteiger partial charge in [0, 0.05) is 30.0 Å². The summed E-state index contributed by atoms with van der Waals surface area (Å²) in [5.74, 6) is 1.73. The van der Waals surface area contributed by atoms with Crippen LogP contribution in [0, 0.1) is 0 Å². The first-order valence-electron chi connectivity index (χ1n) is 6.87. The van der Waals surface area contributed by atoms with Crippen molar-refractivity contribution in [3.63, 3.8) is 0 Å². The Morgan fingerprint density at radius 2 is 1.95 bits per heavy atom. The minimum Gasteiger partial charge on any atom is -0.490 e. The van der Waals surface area contributed by atoms with E-state index in [1.807, 2.05) is 25.1 Å². The zero-order chi connectivity index (χ0) is 14.6. The second-order valence-electron chi connectivity index (χ2n) is 4.96. The third-order valence-electron chi connectivity index (χ3n) is 3.10. The summed E-state index contributed by atoms with van der Waals surface area (Å²) in [6.45, 7) is 4.81.